The number of morpholine rings is 1. The highest BCUT2D eigenvalue weighted by molar-refractivity contribution is 6.24. The first kappa shape index (κ1) is 17.4. The van der Waals surface area contributed by atoms with Gasteiger partial charge in [0.05, 0.1) is 25.9 Å². The highest BCUT2D eigenvalue weighted by atomic mass is 16.5. The van der Waals surface area contributed by atoms with Crippen LogP contribution in [-0.2, 0) is 16.5 Å². The topological polar surface area (TPSA) is 89.9 Å². The van der Waals surface area contributed by atoms with Gasteiger partial charge in [0.15, 0.2) is 5.76 Å². The van der Waals surface area contributed by atoms with Crippen LogP contribution in [0, 0.1) is 0 Å². The van der Waals surface area contributed by atoms with Crippen molar-refractivity contribution in [2.45, 2.75) is 0 Å². The van der Waals surface area contributed by atoms with E-state index in [0.29, 0.717) is 19.8 Å². The van der Waals surface area contributed by atoms with Crippen molar-refractivity contribution in [3.05, 3.63) is 34.9 Å². The van der Waals surface area contributed by atoms with Crippen LogP contribution in [0.5, 0.6) is 0 Å². The molecular formula is C17H21N3O5. The Morgan fingerprint density at radius 3 is 2.72 bits per heavy atom. The maximum Gasteiger partial charge on any atom is 0.267 e. The molecule has 0 atom stereocenters. The SMILES string of the molecule is COC1=CC(=O)c2c(cc(C(=O)NCCN3CCOCC3)n2C)C1=O. The number of fused-ring (bicyclic) bond motifs is 1. The Hall–Kier alpha value is -2.45. The number of rotatable bonds is 5. The molecule has 1 saturated heterocycles. The molecular weight excluding hydrogens is 326 g/mol. The molecule has 1 fully saturated rings. The van der Waals surface area contributed by atoms with E-state index >= 15 is 0 Å². The Kier molecular flexibility index (Phi) is 5.00. The lowest BCUT2D eigenvalue weighted by atomic mass is 10.0. The van der Waals surface area contributed by atoms with Gasteiger partial charge >= 0.3 is 0 Å². The molecule has 1 aromatic rings. The molecule has 1 aliphatic heterocycles. The Balaban J connectivity index is 1.69. The molecule has 1 aliphatic carbocycles. The molecule has 0 aromatic carbocycles. The third-order valence-electron chi connectivity index (χ3n) is 4.47. The standard InChI is InChI=1S/C17H21N3O5/c1-19-12(17(23)18-3-4-20-5-7-25-8-6-20)9-11-15(19)13(21)10-14(24-2)16(11)22/h9-10H,3-8H2,1-2H3,(H,18,23). The quantitative estimate of drug-likeness (QED) is 0.806. The number of carbonyl (C=O) groups excluding carboxylic acids is 3. The summed E-state index contributed by atoms with van der Waals surface area (Å²) in [6.07, 6.45) is 1.16. The molecule has 0 spiro atoms. The summed E-state index contributed by atoms with van der Waals surface area (Å²) in [5, 5.41) is 2.84. The van der Waals surface area contributed by atoms with Crippen LogP contribution >= 0.6 is 0 Å². The number of Topliss-reactive ketones (excluding diaryl/α,β-unsaturated/α-hetero) is 1. The normalized spacial score (nSPS) is 17.9. The third kappa shape index (κ3) is 3.35. The molecule has 1 amide bonds. The smallest absolute Gasteiger partial charge is 0.267 e. The van der Waals surface area contributed by atoms with E-state index in [4.69, 9.17) is 9.47 Å². The molecule has 1 N–H and O–H groups in total. The Morgan fingerprint density at radius 1 is 1.32 bits per heavy atom. The summed E-state index contributed by atoms with van der Waals surface area (Å²) in [6, 6.07) is 1.45. The lowest BCUT2D eigenvalue weighted by Crippen LogP contribution is -2.41. The molecule has 25 heavy (non-hydrogen) atoms. The van der Waals surface area contributed by atoms with E-state index in [1.165, 1.54) is 17.7 Å². The van der Waals surface area contributed by atoms with E-state index in [-0.39, 0.29) is 40.2 Å². The van der Waals surface area contributed by atoms with E-state index in [2.05, 4.69) is 10.2 Å². The molecule has 0 saturated carbocycles. The number of allylic oxidation sites excluding steroid dienone is 2. The van der Waals surface area contributed by atoms with E-state index in [1.807, 2.05) is 0 Å². The summed E-state index contributed by atoms with van der Waals surface area (Å²) < 4.78 is 11.7. The van der Waals surface area contributed by atoms with Crippen molar-refractivity contribution in [2.24, 2.45) is 7.05 Å². The van der Waals surface area contributed by atoms with Gasteiger partial charge in [-0.05, 0) is 6.07 Å². The molecule has 2 aliphatic rings. The summed E-state index contributed by atoms with van der Waals surface area (Å²) in [6.45, 7) is 4.32. The van der Waals surface area contributed by atoms with Crippen molar-refractivity contribution in [3.8, 4) is 0 Å². The molecule has 8 heteroatoms. The van der Waals surface area contributed by atoms with Crippen molar-refractivity contribution in [3.63, 3.8) is 0 Å². The first-order chi connectivity index (χ1) is 12.0. The van der Waals surface area contributed by atoms with Gasteiger partial charge in [-0.15, -0.1) is 0 Å². The van der Waals surface area contributed by atoms with Crippen LogP contribution in [-0.4, -0.2) is 73.4 Å². The number of carbonyl (C=O) groups is 3. The Labute approximate surface area is 145 Å². The van der Waals surface area contributed by atoms with Crippen LogP contribution in [0.2, 0.25) is 0 Å². The fourth-order valence-corrected chi connectivity index (χ4v) is 3.07. The molecule has 0 bridgehead atoms. The van der Waals surface area contributed by atoms with Crippen LogP contribution in [0.3, 0.4) is 0 Å². The number of nitrogens with zero attached hydrogens (tertiary/aromatic N) is 2. The van der Waals surface area contributed by atoms with Gasteiger partial charge in [-0.1, -0.05) is 0 Å². The number of amides is 1. The number of nitrogens with one attached hydrogen (secondary N) is 1. The fraction of sp³-hybridized carbons (Fsp3) is 0.471. The molecule has 2 heterocycles. The number of aromatic nitrogens is 1. The van der Waals surface area contributed by atoms with Crippen LogP contribution < -0.4 is 5.32 Å². The third-order valence-corrected chi connectivity index (χ3v) is 4.47. The minimum absolute atomic E-state index is 0.0117. The van der Waals surface area contributed by atoms with Gasteiger partial charge in [0.25, 0.3) is 5.91 Å². The number of ether oxygens (including phenoxy) is 2. The first-order valence-corrected chi connectivity index (χ1v) is 8.15. The van der Waals surface area contributed by atoms with Gasteiger partial charge in [0, 0.05) is 39.3 Å². The molecule has 8 nitrogen and oxygen atoms in total. The number of hydrogen-bond acceptors (Lipinski definition) is 6. The van der Waals surface area contributed by atoms with E-state index < -0.39 is 0 Å². The highest BCUT2D eigenvalue weighted by Gasteiger charge is 2.32. The Morgan fingerprint density at radius 2 is 2.04 bits per heavy atom. The van der Waals surface area contributed by atoms with Crippen LogP contribution in [0.25, 0.3) is 0 Å². The highest BCUT2D eigenvalue weighted by Crippen LogP contribution is 2.24. The maximum atomic E-state index is 12.4. The Bertz CT molecular complexity index is 744. The molecule has 0 unspecified atom stereocenters. The average molecular weight is 347 g/mol. The van der Waals surface area contributed by atoms with Gasteiger partial charge in [-0.3, -0.25) is 19.3 Å². The predicted octanol–water partition coefficient (Wildman–Crippen LogP) is -0.00360. The second kappa shape index (κ2) is 7.20. The number of ketones is 2. The van der Waals surface area contributed by atoms with Crippen LogP contribution in [0.15, 0.2) is 17.9 Å². The zero-order chi connectivity index (χ0) is 18.0. The first-order valence-electron chi connectivity index (χ1n) is 8.15. The summed E-state index contributed by atoms with van der Waals surface area (Å²) in [4.78, 5) is 39.1. The largest absolute Gasteiger partial charge is 0.492 e. The van der Waals surface area contributed by atoms with Gasteiger partial charge in [0.2, 0.25) is 11.6 Å². The molecule has 134 valence electrons. The lowest BCUT2D eigenvalue weighted by molar-refractivity contribution is 0.0383. The second-order valence-corrected chi connectivity index (χ2v) is 5.97. The monoisotopic (exact) mass is 347 g/mol. The minimum Gasteiger partial charge on any atom is -0.492 e. The summed E-state index contributed by atoms with van der Waals surface area (Å²) in [5.74, 6) is -1.06. The number of hydrogen-bond donors (Lipinski definition) is 1. The van der Waals surface area contributed by atoms with Crippen LogP contribution in [0.4, 0.5) is 0 Å². The summed E-state index contributed by atoms with van der Waals surface area (Å²) in [5.41, 5.74) is 0.689. The summed E-state index contributed by atoms with van der Waals surface area (Å²) >= 11 is 0. The van der Waals surface area contributed by atoms with Gasteiger partial charge in [-0.2, -0.15) is 0 Å². The van der Waals surface area contributed by atoms with E-state index in [9.17, 15) is 14.4 Å². The van der Waals surface area contributed by atoms with Crippen molar-refractivity contribution >= 4 is 17.5 Å². The summed E-state index contributed by atoms with van der Waals surface area (Å²) in [7, 11) is 2.94. The van der Waals surface area contributed by atoms with Gasteiger partial charge < -0.3 is 19.4 Å². The molecule has 3 rings (SSSR count). The van der Waals surface area contributed by atoms with E-state index in [0.717, 1.165) is 25.7 Å². The van der Waals surface area contributed by atoms with Gasteiger partial charge in [-0.25, -0.2) is 0 Å². The zero-order valence-electron chi connectivity index (χ0n) is 14.3. The van der Waals surface area contributed by atoms with Crippen molar-refractivity contribution in [2.75, 3.05) is 46.5 Å². The fourth-order valence-electron chi connectivity index (χ4n) is 3.07. The van der Waals surface area contributed by atoms with E-state index in [1.54, 1.807) is 7.05 Å². The molecule has 1 aromatic heterocycles. The minimum atomic E-state index is -0.389. The second-order valence-electron chi connectivity index (χ2n) is 5.97. The van der Waals surface area contributed by atoms with Crippen molar-refractivity contribution in [1.29, 1.82) is 0 Å². The van der Waals surface area contributed by atoms with Crippen molar-refractivity contribution in [1.82, 2.24) is 14.8 Å². The molecule has 0 radical (unpaired) electrons. The zero-order valence-corrected chi connectivity index (χ0v) is 14.3. The van der Waals surface area contributed by atoms with Crippen LogP contribution in [0.1, 0.15) is 31.3 Å². The van der Waals surface area contributed by atoms with Crippen molar-refractivity contribution < 1.29 is 23.9 Å². The van der Waals surface area contributed by atoms with Gasteiger partial charge in [0.1, 0.15) is 11.4 Å². The lowest BCUT2D eigenvalue weighted by Gasteiger charge is -2.26. The predicted molar refractivity (Wildman–Crippen MR) is 88.8 cm³/mol. The maximum absolute atomic E-state index is 12.4. The average Bonchev–Trinajstić information content (AvgIpc) is 2.97. The number of methoxy groups -OCH3 is 1.